The van der Waals surface area contributed by atoms with E-state index in [9.17, 15) is 9.59 Å². The summed E-state index contributed by atoms with van der Waals surface area (Å²) in [6.45, 7) is 4.13. The van der Waals surface area contributed by atoms with Gasteiger partial charge in [0.15, 0.2) is 0 Å². The van der Waals surface area contributed by atoms with E-state index in [1.54, 1.807) is 0 Å². The van der Waals surface area contributed by atoms with Gasteiger partial charge in [0.2, 0.25) is 5.91 Å². The Morgan fingerprint density at radius 3 is 2.69 bits per heavy atom. The molecule has 1 aliphatic rings. The lowest BCUT2D eigenvalue weighted by molar-refractivity contribution is -0.141. The van der Waals surface area contributed by atoms with Crippen LogP contribution in [0.3, 0.4) is 0 Å². The molecule has 0 aromatic carbocycles. The average molecular weight is 227 g/mol. The summed E-state index contributed by atoms with van der Waals surface area (Å²) < 4.78 is 0. The minimum Gasteiger partial charge on any atom is -0.481 e. The molecule has 2 atom stereocenters. The molecule has 0 aliphatic heterocycles. The normalized spacial score (nSPS) is 29.8. The highest BCUT2D eigenvalue weighted by molar-refractivity contribution is 5.73. The summed E-state index contributed by atoms with van der Waals surface area (Å²) in [5.74, 6) is -0.288. The molecule has 4 heteroatoms. The molecule has 2 unspecified atom stereocenters. The summed E-state index contributed by atoms with van der Waals surface area (Å²) in [7, 11) is 0. The zero-order valence-electron chi connectivity index (χ0n) is 10.1. The number of carbonyl (C=O) groups is 2. The smallest absolute Gasteiger partial charge is 0.303 e. The van der Waals surface area contributed by atoms with Crippen molar-refractivity contribution in [2.75, 3.05) is 6.54 Å². The van der Waals surface area contributed by atoms with Crippen molar-refractivity contribution in [1.82, 2.24) is 5.32 Å². The number of rotatable bonds is 4. The van der Waals surface area contributed by atoms with Crippen LogP contribution < -0.4 is 5.32 Å². The molecule has 4 nitrogen and oxygen atoms in total. The minimum absolute atomic E-state index is 0.0806. The van der Waals surface area contributed by atoms with Crippen molar-refractivity contribution < 1.29 is 14.7 Å². The molecule has 92 valence electrons. The third kappa shape index (κ3) is 3.83. The molecule has 0 spiro atoms. The molecule has 0 aromatic rings. The van der Waals surface area contributed by atoms with E-state index in [1.165, 1.54) is 13.3 Å². The van der Waals surface area contributed by atoms with E-state index in [-0.39, 0.29) is 17.7 Å². The Labute approximate surface area is 96.4 Å². The van der Waals surface area contributed by atoms with Gasteiger partial charge in [0.1, 0.15) is 0 Å². The Hall–Kier alpha value is -1.06. The van der Waals surface area contributed by atoms with Crippen LogP contribution in [0.1, 0.15) is 46.0 Å². The summed E-state index contributed by atoms with van der Waals surface area (Å²) in [6, 6.07) is 0. The molecule has 0 saturated heterocycles. The summed E-state index contributed by atoms with van der Waals surface area (Å²) in [6.07, 6.45) is 4.20. The fraction of sp³-hybridized carbons (Fsp3) is 0.833. The van der Waals surface area contributed by atoms with Crippen LogP contribution in [0.4, 0.5) is 0 Å². The first-order valence-electron chi connectivity index (χ1n) is 5.90. The molecule has 16 heavy (non-hydrogen) atoms. The van der Waals surface area contributed by atoms with Gasteiger partial charge in [0, 0.05) is 13.5 Å². The Morgan fingerprint density at radius 1 is 1.50 bits per heavy atom. The zero-order valence-corrected chi connectivity index (χ0v) is 10.1. The monoisotopic (exact) mass is 227 g/mol. The molecular formula is C12H21NO3. The Bertz CT molecular complexity index is 277. The molecule has 1 fully saturated rings. The van der Waals surface area contributed by atoms with Crippen LogP contribution in [0.15, 0.2) is 0 Å². The van der Waals surface area contributed by atoms with E-state index in [1.807, 2.05) is 0 Å². The highest BCUT2D eigenvalue weighted by Gasteiger charge is 2.36. The van der Waals surface area contributed by atoms with E-state index < -0.39 is 5.97 Å². The number of carbonyl (C=O) groups excluding carboxylic acids is 1. The standard InChI is InChI=1S/C12H21NO3/c1-9-4-3-5-12(6-9,7-11(15)16)8-13-10(2)14/h9H,3-8H2,1-2H3,(H,13,14)(H,15,16). The van der Waals surface area contributed by atoms with Gasteiger partial charge in [-0.2, -0.15) is 0 Å². The predicted octanol–water partition coefficient (Wildman–Crippen LogP) is 1.79. The largest absolute Gasteiger partial charge is 0.481 e. The van der Waals surface area contributed by atoms with Gasteiger partial charge in [-0.25, -0.2) is 0 Å². The first-order chi connectivity index (χ1) is 7.43. The van der Waals surface area contributed by atoms with Gasteiger partial charge < -0.3 is 10.4 Å². The van der Waals surface area contributed by atoms with Crippen LogP contribution in [0.25, 0.3) is 0 Å². The van der Waals surface area contributed by atoms with Crippen molar-refractivity contribution in [3.63, 3.8) is 0 Å². The van der Waals surface area contributed by atoms with Crippen LogP contribution >= 0.6 is 0 Å². The van der Waals surface area contributed by atoms with Crippen LogP contribution in [-0.2, 0) is 9.59 Å². The van der Waals surface area contributed by atoms with E-state index in [0.717, 1.165) is 19.3 Å². The van der Waals surface area contributed by atoms with Crippen molar-refractivity contribution in [2.45, 2.75) is 46.0 Å². The fourth-order valence-corrected chi connectivity index (χ4v) is 2.79. The van der Waals surface area contributed by atoms with E-state index in [2.05, 4.69) is 12.2 Å². The number of hydrogen-bond donors (Lipinski definition) is 2. The molecule has 1 rings (SSSR count). The molecule has 1 aliphatic carbocycles. The zero-order chi connectivity index (χ0) is 12.2. The second kappa shape index (κ2) is 5.32. The minimum atomic E-state index is -0.764. The van der Waals surface area contributed by atoms with Crippen molar-refractivity contribution in [1.29, 1.82) is 0 Å². The highest BCUT2D eigenvalue weighted by Crippen LogP contribution is 2.41. The van der Waals surface area contributed by atoms with Gasteiger partial charge in [-0.1, -0.05) is 19.8 Å². The molecule has 0 heterocycles. The van der Waals surface area contributed by atoms with E-state index in [4.69, 9.17) is 5.11 Å². The van der Waals surface area contributed by atoms with Crippen molar-refractivity contribution >= 4 is 11.9 Å². The van der Waals surface area contributed by atoms with Gasteiger partial charge in [-0.05, 0) is 24.2 Å². The summed E-state index contributed by atoms with van der Waals surface area (Å²) in [4.78, 5) is 21.8. The lowest BCUT2D eigenvalue weighted by Crippen LogP contribution is -2.41. The summed E-state index contributed by atoms with van der Waals surface area (Å²) >= 11 is 0. The first-order valence-corrected chi connectivity index (χ1v) is 5.90. The van der Waals surface area contributed by atoms with Gasteiger partial charge in [-0.3, -0.25) is 9.59 Å². The predicted molar refractivity (Wildman–Crippen MR) is 61.0 cm³/mol. The second-order valence-corrected chi connectivity index (χ2v) is 5.18. The maximum absolute atomic E-state index is 10.9. The average Bonchev–Trinajstić information content (AvgIpc) is 2.13. The lowest BCUT2D eigenvalue weighted by Gasteiger charge is -2.39. The number of nitrogens with one attached hydrogen (secondary N) is 1. The SMILES string of the molecule is CC(=O)NCC1(CC(=O)O)CCCC(C)C1. The number of aliphatic carboxylic acids is 1. The number of hydrogen-bond acceptors (Lipinski definition) is 2. The third-order valence-electron chi connectivity index (χ3n) is 3.42. The first kappa shape index (κ1) is 13.0. The molecule has 1 amide bonds. The molecule has 0 radical (unpaired) electrons. The van der Waals surface area contributed by atoms with Gasteiger partial charge in [-0.15, -0.1) is 0 Å². The van der Waals surface area contributed by atoms with E-state index >= 15 is 0 Å². The molecule has 1 saturated carbocycles. The highest BCUT2D eigenvalue weighted by atomic mass is 16.4. The molecule has 0 aromatic heterocycles. The topological polar surface area (TPSA) is 66.4 Å². The van der Waals surface area contributed by atoms with Crippen molar-refractivity contribution in [3.8, 4) is 0 Å². The number of carboxylic acids is 1. The number of amides is 1. The van der Waals surface area contributed by atoms with Crippen LogP contribution in [0.2, 0.25) is 0 Å². The van der Waals surface area contributed by atoms with Crippen LogP contribution in [-0.4, -0.2) is 23.5 Å². The number of carboxylic acid groups (broad SMARTS) is 1. The fourth-order valence-electron chi connectivity index (χ4n) is 2.79. The van der Waals surface area contributed by atoms with Gasteiger partial charge >= 0.3 is 5.97 Å². The third-order valence-corrected chi connectivity index (χ3v) is 3.42. The summed E-state index contributed by atoms with van der Waals surface area (Å²) in [5.41, 5.74) is -0.227. The van der Waals surface area contributed by atoms with Crippen molar-refractivity contribution in [2.24, 2.45) is 11.3 Å². The molecule has 2 N–H and O–H groups in total. The molecule has 0 bridgehead atoms. The quantitative estimate of drug-likeness (QED) is 0.769. The van der Waals surface area contributed by atoms with Gasteiger partial charge in [0.25, 0.3) is 0 Å². The maximum Gasteiger partial charge on any atom is 0.303 e. The molecular weight excluding hydrogens is 206 g/mol. The van der Waals surface area contributed by atoms with Crippen LogP contribution in [0.5, 0.6) is 0 Å². The Morgan fingerprint density at radius 2 is 2.19 bits per heavy atom. The van der Waals surface area contributed by atoms with Crippen LogP contribution in [0, 0.1) is 11.3 Å². The Kier molecular flexibility index (Phi) is 4.33. The Balaban J connectivity index is 2.66. The van der Waals surface area contributed by atoms with Gasteiger partial charge in [0.05, 0.1) is 6.42 Å². The van der Waals surface area contributed by atoms with Crippen molar-refractivity contribution in [3.05, 3.63) is 0 Å². The summed E-state index contributed by atoms with van der Waals surface area (Å²) in [5, 5.41) is 11.7. The second-order valence-electron chi connectivity index (χ2n) is 5.18. The van der Waals surface area contributed by atoms with E-state index in [0.29, 0.717) is 12.5 Å². The maximum atomic E-state index is 10.9. The lowest BCUT2D eigenvalue weighted by atomic mass is 9.68.